The number of rotatable bonds is 3. The minimum absolute atomic E-state index is 0.252. The van der Waals surface area contributed by atoms with Crippen LogP contribution < -0.4 is 0 Å². The van der Waals surface area contributed by atoms with Crippen molar-refractivity contribution in [3.8, 4) is 0 Å². The number of hydrogen-bond acceptors (Lipinski definition) is 4. The van der Waals surface area contributed by atoms with Gasteiger partial charge in [-0.15, -0.1) is 5.10 Å². The Hall–Kier alpha value is -0.0700. The first-order chi connectivity index (χ1) is 6.40. The van der Waals surface area contributed by atoms with Crippen molar-refractivity contribution in [2.24, 2.45) is 7.05 Å². The van der Waals surface area contributed by atoms with Crippen molar-refractivity contribution in [1.29, 1.82) is 0 Å². The van der Waals surface area contributed by atoms with Crippen molar-refractivity contribution in [1.82, 2.24) is 15.0 Å². The van der Waals surface area contributed by atoms with Gasteiger partial charge in [-0.1, -0.05) is 5.21 Å². The molecule has 1 aromatic rings. The fraction of sp³-hybridized carbons (Fsp3) is 0.750. The predicted molar refractivity (Wildman–Crippen MR) is 61.3 cm³/mol. The van der Waals surface area contributed by atoms with E-state index in [1.54, 1.807) is 23.5 Å². The number of hydrogen-bond donors (Lipinski definition) is 1. The van der Waals surface area contributed by atoms with Gasteiger partial charge < -0.3 is 5.11 Å². The summed E-state index contributed by atoms with van der Waals surface area (Å²) in [6.45, 7) is 3.98. The molecule has 1 aromatic heterocycles. The second-order valence-electron chi connectivity index (χ2n) is 3.60. The average molecular weight is 280 g/mol. The van der Waals surface area contributed by atoms with E-state index in [2.05, 4.69) is 26.2 Å². The lowest BCUT2D eigenvalue weighted by molar-refractivity contribution is 0.134. The van der Waals surface area contributed by atoms with Gasteiger partial charge in [0.2, 0.25) is 0 Å². The van der Waals surface area contributed by atoms with Gasteiger partial charge in [0.1, 0.15) is 11.8 Å². The van der Waals surface area contributed by atoms with Crippen LogP contribution in [0.3, 0.4) is 0 Å². The van der Waals surface area contributed by atoms with Crippen LogP contribution in [0.4, 0.5) is 0 Å². The number of aryl methyl sites for hydroxylation is 1. The van der Waals surface area contributed by atoms with E-state index in [0.29, 0.717) is 10.3 Å². The molecule has 4 nitrogen and oxygen atoms in total. The van der Waals surface area contributed by atoms with Crippen LogP contribution in [0.5, 0.6) is 0 Å². The molecular formula is C8H14BrN3OS. The molecule has 0 bridgehead atoms. The topological polar surface area (TPSA) is 50.9 Å². The molecule has 0 fully saturated rings. The molecule has 0 amide bonds. The lowest BCUT2D eigenvalue weighted by Gasteiger charge is -2.28. The number of aliphatic hydroxyl groups excluding tert-OH is 1. The highest BCUT2D eigenvalue weighted by Crippen LogP contribution is 2.37. The first-order valence-electron chi connectivity index (χ1n) is 4.18. The molecule has 6 heteroatoms. The number of nitrogens with zero attached hydrogens (tertiary/aromatic N) is 3. The highest BCUT2D eigenvalue weighted by molar-refractivity contribution is 9.10. The van der Waals surface area contributed by atoms with Gasteiger partial charge in [-0.3, -0.25) is 0 Å². The maximum absolute atomic E-state index is 10.1. The fourth-order valence-electron chi connectivity index (χ4n) is 1.07. The molecule has 0 saturated heterocycles. The summed E-state index contributed by atoms with van der Waals surface area (Å²) >= 11 is 4.89. The Bertz CT molecular complexity index is 307. The third-order valence-corrected chi connectivity index (χ3v) is 4.11. The lowest BCUT2D eigenvalue weighted by atomic mass is 10.0. The Balaban J connectivity index is 3.06. The summed E-state index contributed by atoms with van der Waals surface area (Å²) in [6, 6.07) is 0. The van der Waals surface area contributed by atoms with Gasteiger partial charge in [-0.2, -0.15) is 11.8 Å². The van der Waals surface area contributed by atoms with Crippen molar-refractivity contribution >= 4 is 27.7 Å². The summed E-state index contributed by atoms with van der Waals surface area (Å²) in [4.78, 5) is 0. The monoisotopic (exact) mass is 279 g/mol. The Morgan fingerprint density at radius 1 is 1.57 bits per heavy atom. The fourth-order valence-corrected chi connectivity index (χ4v) is 1.95. The SMILES string of the molecule is CSC(C)(C)C(O)c1c(Br)nnn1C. The molecule has 0 aromatic carbocycles. The zero-order valence-corrected chi connectivity index (χ0v) is 11.1. The van der Waals surface area contributed by atoms with E-state index in [1.165, 1.54) is 0 Å². The maximum Gasteiger partial charge on any atom is 0.154 e. The van der Waals surface area contributed by atoms with E-state index in [-0.39, 0.29) is 4.75 Å². The highest BCUT2D eigenvalue weighted by atomic mass is 79.9. The third-order valence-electron chi connectivity index (χ3n) is 2.27. The van der Waals surface area contributed by atoms with E-state index in [4.69, 9.17) is 0 Å². The molecule has 1 unspecified atom stereocenters. The summed E-state index contributed by atoms with van der Waals surface area (Å²) in [6.07, 6.45) is 1.38. The van der Waals surface area contributed by atoms with Crippen LogP contribution in [0.2, 0.25) is 0 Å². The molecule has 14 heavy (non-hydrogen) atoms. The largest absolute Gasteiger partial charge is 0.385 e. The van der Waals surface area contributed by atoms with E-state index in [0.717, 1.165) is 0 Å². The number of halogens is 1. The molecular weight excluding hydrogens is 266 g/mol. The van der Waals surface area contributed by atoms with Crippen molar-refractivity contribution in [3.05, 3.63) is 10.3 Å². The van der Waals surface area contributed by atoms with Crippen LogP contribution in [-0.4, -0.2) is 31.1 Å². The first kappa shape index (κ1) is 12.0. The van der Waals surface area contributed by atoms with Crippen molar-refractivity contribution in [2.45, 2.75) is 24.7 Å². The number of aliphatic hydroxyl groups is 1. The quantitative estimate of drug-likeness (QED) is 0.916. The van der Waals surface area contributed by atoms with Crippen LogP contribution in [0.1, 0.15) is 25.6 Å². The Labute approximate surface area is 96.2 Å². The number of aromatic nitrogens is 3. The van der Waals surface area contributed by atoms with Gasteiger partial charge in [-0.25, -0.2) is 4.68 Å². The minimum Gasteiger partial charge on any atom is -0.385 e. The first-order valence-corrected chi connectivity index (χ1v) is 6.20. The van der Waals surface area contributed by atoms with Crippen LogP contribution in [0.15, 0.2) is 4.60 Å². The van der Waals surface area contributed by atoms with Gasteiger partial charge in [-0.05, 0) is 36.0 Å². The second-order valence-corrected chi connectivity index (χ2v) is 5.81. The molecule has 1 rings (SSSR count). The van der Waals surface area contributed by atoms with Crippen LogP contribution >= 0.6 is 27.7 Å². The zero-order chi connectivity index (χ0) is 10.9. The van der Waals surface area contributed by atoms with Crippen molar-refractivity contribution < 1.29 is 5.11 Å². The summed E-state index contributed by atoms with van der Waals surface area (Å²) in [5, 5.41) is 17.8. The zero-order valence-electron chi connectivity index (χ0n) is 8.65. The third kappa shape index (κ3) is 2.12. The summed E-state index contributed by atoms with van der Waals surface area (Å²) in [5.74, 6) is 0. The number of thioether (sulfide) groups is 1. The van der Waals surface area contributed by atoms with E-state index in [1.807, 2.05) is 20.1 Å². The molecule has 0 aliphatic rings. The Morgan fingerprint density at radius 3 is 2.50 bits per heavy atom. The minimum atomic E-state index is -0.591. The smallest absolute Gasteiger partial charge is 0.154 e. The van der Waals surface area contributed by atoms with Gasteiger partial charge >= 0.3 is 0 Å². The van der Waals surface area contributed by atoms with Crippen LogP contribution in [0.25, 0.3) is 0 Å². The molecule has 80 valence electrons. The predicted octanol–water partition coefficient (Wildman–Crippen LogP) is 1.75. The lowest BCUT2D eigenvalue weighted by Crippen LogP contribution is -2.27. The molecule has 1 atom stereocenters. The molecule has 0 radical (unpaired) electrons. The van der Waals surface area contributed by atoms with Crippen molar-refractivity contribution in [2.75, 3.05) is 6.26 Å². The van der Waals surface area contributed by atoms with E-state index < -0.39 is 6.10 Å². The van der Waals surface area contributed by atoms with Crippen LogP contribution in [0, 0.1) is 0 Å². The second kappa shape index (κ2) is 4.20. The summed E-state index contributed by atoms with van der Waals surface area (Å²) in [7, 11) is 1.77. The standard InChI is InChI=1S/C8H14BrN3OS/c1-8(2,14-4)6(13)5-7(9)10-11-12(5)3/h6,13H,1-4H3. The van der Waals surface area contributed by atoms with Gasteiger partial charge in [0.25, 0.3) is 0 Å². The highest BCUT2D eigenvalue weighted by Gasteiger charge is 2.32. The Morgan fingerprint density at radius 2 is 2.14 bits per heavy atom. The van der Waals surface area contributed by atoms with Crippen molar-refractivity contribution in [3.63, 3.8) is 0 Å². The molecule has 1 N–H and O–H groups in total. The summed E-state index contributed by atoms with van der Waals surface area (Å²) < 4.78 is 1.94. The average Bonchev–Trinajstić information content (AvgIpc) is 2.45. The maximum atomic E-state index is 10.1. The molecule has 0 saturated carbocycles. The van der Waals surface area contributed by atoms with Crippen LogP contribution in [-0.2, 0) is 7.05 Å². The molecule has 0 aliphatic carbocycles. The molecule has 1 heterocycles. The van der Waals surface area contributed by atoms with Gasteiger partial charge in [0.15, 0.2) is 4.60 Å². The van der Waals surface area contributed by atoms with E-state index in [9.17, 15) is 5.11 Å². The van der Waals surface area contributed by atoms with Gasteiger partial charge in [0, 0.05) is 11.8 Å². The molecule has 0 aliphatic heterocycles. The van der Waals surface area contributed by atoms with Gasteiger partial charge in [0.05, 0.1) is 0 Å². The molecule has 0 spiro atoms. The van der Waals surface area contributed by atoms with E-state index >= 15 is 0 Å². The summed E-state index contributed by atoms with van der Waals surface area (Å²) in [5.41, 5.74) is 0.712. The normalized spacial score (nSPS) is 14.4. The Kier molecular flexibility index (Phi) is 3.60.